The van der Waals surface area contributed by atoms with E-state index in [4.69, 9.17) is 8.94 Å². The highest BCUT2D eigenvalue weighted by Gasteiger charge is 2.26. The predicted octanol–water partition coefficient (Wildman–Crippen LogP) is 2.86. The molecule has 4 rings (SSSR count). The van der Waals surface area contributed by atoms with E-state index in [1.165, 1.54) is 10.8 Å². The number of para-hydroxylation sites is 1. The number of nitrogens with zero attached hydrogens (tertiary/aromatic N) is 4. The van der Waals surface area contributed by atoms with Gasteiger partial charge in [-0.15, -0.1) is 0 Å². The third-order valence-corrected chi connectivity index (χ3v) is 4.80. The van der Waals surface area contributed by atoms with Gasteiger partial charge in [0.2, 0.25) is 5.89 Å². The third-order valence-electron chi connectivity index (χ3n) is 4.80. The zero-order valence-corrected chi connectivity index (χ0v) is 16.8. The Morgan fingerprint density at radius 2 is 1.97 bits per heavy atom. The third kappa shape index (κ3) is 3.73. The van der Waals surface area contributed by atoms with E-state index in [9.17, 15) is 9.59 Å². The maximum atomic E-state index is 12.8. The van der Waals surface area contributed by atoms with Crippen LogP contribution in [0.3, 0.4) is 0 Å². The number of furan rings is 1. The molecule has 4 aromatic rings. The van der Waals surface area contributed by atoms with Gasteiger partial charge in [-0.3, -0.25) is 14.2 Å². The topological polar surface area (TPSA) is 116 Å². The van der Waals surface area contributed by atoms with E-state index in [1.807, 2.05) is 19.9 Å². The van der Waals surface area contributed by atoms with E-state index in [0.29, 0.717) is 22.6 Å². The number of hydrogen-bond donors (Lipinski definition) is 1. The van der Waals surface area contributed by atoms with Crippen LogP contribution in [-0.2, 0) is 6.54 Å². The van der Waals surface area contributed by atoms with Crippen molar-refractivity contribution in [2.24, 2.45) is 5.92 Å². The van der Waals surface area contributed by atoms with E-state index in [1.54, 1.807) is 37.3 Å². The smallest absolute Gasteiger partial charge is 0.287 e. The molecule has 0 aliphatic rings. The van der Waals surface area contributed by atoms with Gasteiger partial charge >= 0.3 is 0 Å². The first-order valence-electron chi connectivity index (χ1n) is 9.57. The van der Waals surface area contributed by atoms with Crippen LogP contribution in [0.5, 0.6) is 0 Å². The normalized spacial score (nSPS) is 12.4. The number of carbonyl (C=O) groups excluding carboxylic acids is 1. The largest absolute Gasteiger partial charge is 0.459 e. The highest BCUT2D eigenvalue weighted by molar-refractivity contribution is 5.91. The van der Waals surface area contributed by atoms with Crippen LogP contribution in [0.2, 0.25) is 0 Å². The second-order valence-electron chi connectivity index (χ2n) is 7.29. The van der Waals surface area contributed by atoms with Crippen LogP contribution in [0.4, 0.5) is 0 Å². The SMILES string of the molecule is Cc1nc2ccccc2c(=O)n1Cc1noc(C(NC(=O)c2ccco2)C(C)C)n1. The molecular formula is C21H21N5O4. The van der Waals surface area contributed by atoms with Crippen molar-refractivity contribution in [3.05, 3.63) is 76.3 Å². The van der Waals surface area contributed by atoms with Gasteiger partial charge in [0.15, 0.2) is 11.6 Å². The summed E-state index contributed by atoms with van der Waals surface area (Å²) in [5.41, 5.74) is 0.474. The molecule has 1 amide bonds. The lowest BCUT2D eigenvalue weighted by Crippen LogP contribution is -2.31. The molecule has 3 heterocycles. The van der Waals surface area contributed by atoms with Gasteiger partial charge in [-0.2, -0.15) is 4.98 Å². The molecule has 0 bridgehead atoms. The number of hydrogen-bond acceptors (Lipinski definition) is 7. The van der Waals surface area contributed by atoms with Gasteiger partial charge in [0.25, 0.3) is 11.5 Å². The van der Waals surface area contributed by atoms with Gasteiger partial charge in [-0.05, 0) is 37.1 Å². The van der Waals surface area contributed by atoms with Crippen molar-refractivity contribution < 1.29 is 13.7 Å². The summed E-state index contributed by atoms with van der Waals surface area (Å²) in [5, 5.41) is 7.37. The van der Waals surface area contributed by atoms with Crippen LogP contribution in [-0.4, -0.2) is 25.6 Å². The average Bonchev–Trinajstić information content (AvgIpc) is 3.41. The van der Waals surface area contributed by atoms with Crippen molar-refractivity contribution in [2.45, 2.75) is 33.4 Å². The number of rotatable bonds is 6. The van der Waals surface area contributed by atoms with E-state index >= 15 is 0 Å². The molecule has 1 aromatic carbocycles. The molecule has 0 radical (unpaired) electrons. The molecule has 9 heteroatoms. The van der Waals surface area contributed by atoms with Gasteiger partial charge in [0, 0.05) is 0 Å². The Bertz CT molecular complexity index is 1240. The van der Waals surface area contributed by atoms with E-state index in [-0.39, 0.29) is 35.6 Å². The molecule has 0 fully saturated rings. The minimum Gasteiger partial charge on any atom is -0.459 e. The average molecular weight is 407 g/mol. The summed E-state index contributed by atoms with van der Waals surface area (Å²) >= 11 is 0. The second kappa shape index (κ2) is 7.94. The van der Waals surface area contributed by atoms with Crippen molar-refractivity contribution in [1.82, 2.24) is 25.0 Å². The van der Waals surface area contributed by atoms with Crippen molar-refractivity contribution in [2.75, 3.05) is 0 Å². The number of fused-ring (bicyclic) bond motifs is 1. The summed E-state index contributed by atoms with van der Waals surface area (Å²) < 4.78 is 12.0. The molecule has 0 saturated carbocycles. The van der Waals surface area contributed by atoms with E-state index < -0.39 is 6.04 Å². The Morgan fingerprint density at radius 3 is 2.70 bits per heavy atom. The maximum Gasteiger partial charge on any atom is 0.287 e. The quantitative estimate of drug-likeness (QED) is 0.522. The Kier molecular flexibility index (Phi) is 5.18. The van der Waals surface area contributed by atoms with Crippen molar-refractivity contribution in [3.8, 4) is 0 Å². The van der Waals surface area contributed by atoms with E-state index in [2.05, 4.69) is 20.4 Å². The van der Waals surface area contributed by atoms with Gasteiger partial charge in [-0.25, -0.2) is 4.98 Å². The number of amides is 1. The fourth-order valence-corrected chi connectivity index (χ4v) is 3.20. The maximum absolute atomic E-state index is 12.8. The fourth-order valence-electron chi connectivity index (χ4n) is 3.20. The van der Waals surface area contributed by atoms with Crippen LogP contribution < -0.4 is 10.9 Å². The van der Waals surface area contributed by atoms with Crippen LogP contribution in [0.1, 0.15) is 48.0 Å². The second-order valence-corrected chi connectivity index (χ2v) is 7.29. The molecule has 1 N–H and O–H groups in total. The Balaban J connectivity index is 1.60. The fraction of sp³-hybridized carbons (Fsp3) is 0.286. The van der Waals surface area contributed by atoms with Crippen molar-refractivity contribution >= 4 is 16.8 Å². The van der Waals surface area contributed by atoms with Crippen LogP contribution in [0.25, 0.3) is 10.9 Å². The molecule has 0 spiro atoms. The monoisotopic (exact) mass is 407 g/mol. The van der Waals surface area contributed by atoms with Gasteiger partial charge in [0.05, 0.1) is 23.7 Å². The van der Waals surface area contributed by atoms with Crippen LogP contribution >= 0.6 is 0 Å². The number of benzene rings is 1. The standard InChI is InChI=1S/C21H21N5O4/c1-12(2)18(24-19(27)16-9-6-10-29-16)20-23-17(25-30-20)11-26-13(3)22-15-8-5-4-7-14(15)21(26)28/h4-10,12,18H,11H2,1-3H3,(H,24,27). The summed E-state index contributed by atoms with van der Waals surface area (Å²) in [7, 11) is 0. The highest BCUT2D eigenvalue weighted by atomic mass is 16.5. The first-order valence-corrected chi connectivity index (χ1v) is 9.57. The number of carbonyl (C=O) groups is 1. The summed E-state index contributed by atoms with van der Waals surface area (Å²) in [6, 6.07) is 9.89. The lowest BCUT2D eigenvalue weighted by Gasteiger charge is -2.17. The van der Waals surface area contributed by atoms with Crippen LogP contribution in [0, 0.1) is 12.8 Å². The zero-order valence-electron chi connectivity index (χ0n) is 16.8. The minimum atomic E-state index is -0.503. The van der Waals surface area contributed by atoms with Crippen molar-refractivity contribution in [3.63, 3.8) is 0 Å². The number of aryl methyl sites for hydroxylation is 1. The van der Waals surface area contributed by atoms with Gasteiger partial charge < -0.3 is 14.3 Å². The number of nitrogens with one attached hydrogen (secondary N) is 1. The van der Waals surface area contributed by atoms with E-state index in [0.717, 1.165) is 0 Å². The lowest BCUT2D eigenvalue weighted by molar-refractivity contribution is 0.0885. The molecule has 0 aliphatic carbocycles. The first-order chi connectivity index (χ1) is 14.4. The summed E-state index contributed by atoms with van der Waals surface area (Å²) in [4.78, 5) is 34.1. The molecule has 30 heavy (non-hydrogen) atoms. The molecule has 0 aliphatic heterocycles. The van der Waals surface area contributed by atoms with Gasteiger partial charge in [0.1, 0.15) is 11.9 Å². The molecule has 3 aromatic heterocycles. The summed E-state index contributed by atoms with van der Waals surface area (Å²) in [6.07, 6.45) is 1.43. The molecule has 0 saturated heterocycles. The molecule has 1 atom stereocenters. The lowest BCUT2D eigenvalue weighted by atomic mass is 10.0. The molecule has 1 unspecified atom stereocenters. The van der Waals surface area contributed by atoms with Crippen molar-refractivity contribution in [1.29, 1.82) is 0 Å². The Labute approximate surface area is 171 Å². The summed E-state index contributed by atoms with van der Waals surface area (Å²) in [6.45, 7) is 5.73. The summed E-state index contributed by atoms with van der Waals surface area (Å²) in [5.74, 6) is 0.958. The Hall–Kier alpha value is -3.75. The predicted molar refractivity (Wildman–Crippen MR) is 108 cm³/mol. The number of aromatic nitrogens is 4. The zero-order chi connectivity index (χ0) is 21.3. The van der Waals surface area contributed by atoms with Gasteiger partial charge in [-0.1, -0.05) is 31.1 Å². The molecule has 9 nitrogen and oxygen atoms in total. The first kappa shape index (κ1) is 19.6. The molecular weight excluding hydrogens is 386 g/mol. The minimum absolute atomic E-state index is 0.0102. The molecule has 154 valence electrons. The Morgan fingerprint density at radius 1 is 1.17 bits per heavy atom. The highest BCUT2D eigenvalue weighted by Crippen LogP contribution is 2.21. The van der Waals surface area contributed by atoms with Crippen LogP contribution in [0.15, 0.2) is 56.4 Å².